The van der Waals surface area contributed by atoms with Crippen LogP contribution in [0.2, 0.25) is 0 Å². The Morgan fingerprint density at radius 3 is 2.72 bits per heavy atom. The maximum atomic E-state index is 11.3. The molecule has 25 heavy (non-hydrogen) atoms. The molecule has 0 bridgehead atoms. The van der Waals surface area contributed by atoms with Crippen molar-refractivity contribution >= 4 is 11.5 Å². The highest BCUT2D eigenvalue weighted by atomic mass is 16.6. The Bertz CT molecular complexity index is 869. The van der Waals surface area contributed by atoms with E-state index < -0.39 is 0 Å². The molecule has 1 N–H and O–H groups in total. The van der Waals surface area contributed by atoms with Gasteiger partial charge in [0.1, 0.15) is 5.69 Å². The van der Waals surface area contributed by atoms with Gasteiger partial charge in [0, 0.05) is 19.8 Å². The van der Waals surface area contributed by atoms with Gasteiger partial charge in [0.25, 0.3) is 0 Å². The number of hydrogen-bond acceptors (Lipinski definition) is 5. The van der Waals surface area contributed by atoms with E-state index in [1.165, 1.54) is 4.68 Å². The minimum atomic E-state index is -0.373. The molecule has 0 saturated carbocycles. The lowest BCUT2D eigenvalue weighted by atomic mass is 10.2. The third-order valence-electron chi connectivity index (χ3n) is 3.97. The lowest BCUT2D eigenvalue weighted by molar-refractivity contribution is -0.384. The maximum Gasteiger partial charge on any atom is 0.333 e. The molecule has 0 atom stereocenters. The van der Waals surface area contributed by atoms with Crippen molar-refractivity contribution < 1.29 is 4.92 Å². The SMILES string of the molecule is CCc1nn(C)c(NCCc2cnn(-c3ccccc3)c2)c1[N+](=O)[O-]. The maximum absolute atomic E-state index is 11.3. The molecule has 0 amide bonds. The van der Waals surface area contributed by atoms with Crippen LogP contribution in [0.15, 0.2) is 42.7 Å². The summed E-state index contributed by atoms with van der Waals surface area (Å²) < 4.78 is 3.35. The summed E-state index contributed by atoms with van der Waals surface area (Å²) in [7, 11) is 1.71. The van der Waals surface area contributed by atoms with Gasteiger partial charge < -0.3 is 5.32 Å². The van der Waals surface area contributed by atoms with Crippen LogP contribution < -0.4 is 5.32 Å². The number of hydrogen-bond donors (Lipinski definition) is 1. The highest BCUT2D eigenvalue weighted by Crippen LogP contribution is 2.28. The first kappa shape index (κ1) is 16.7. The van der Waals surface area contributed by atoms with E-state index in [1.54, 1.807) is 7.05 Å². The van der Waals surface area contributed by atoms with Gasteiger partial charge in [-0.25, -0.2) is 9.36 Å². The van der Waals surface area contributed by atoms with Gasteiger partial charge in [-0.3, -0.25) is 10.1 Å². The van der Waals surface area contributed by atoms with Crippen molar-refractivity contribution in [3.63, 3.8) is 0 Å². The monoisotopic (exact) mass is 340 g/mol. The number of benzene rings is 1. The smallest absolute Gasteiger partial charge is 0.333 e. The topological polar surface area (TPSA) is 90.8 Å². The lowest BCUT2D eigenvalue weighted by Gasteiger charge is -2.05. The Labute approximate surface area is 145 Å². The molecule has 8 heteroatoms. The zero-order valence-electron chi connectivity index (χ0n) is 14.2. The molecule has 0 unspecified atom stereocenters. The molecule has 0 fully saturated rings. The van der Waals surface area contributed by atoms with Crippen LogP contribution in [0.25, 0.3) is 5.69 Å². The molecule has 2 heterocycles. The van der Waals surface area contributed by atoms with Crippen LogP contribution in [-0.4, -0.2) is 31.0 Å². The number of para-hydroxylation sites is 1. The second-order valence-corrected chi connectivity index (χ2v) is 5.68. The molecule has 130 valence electrons. The zero-order valence-corrected chi connectivity index (χ0v) is 14.2. The number of nitrogens with zero attached hydrogens (tertiary/aromatic N) is 5. The molecule has 1 aromatic carbocycles. The van der Waals surface area contributed by atoms with Gasteiger partial charge in [-0.15, -0.1) is 0 Å². The van der Waals surface area contributed by atoms with Gasteiger partial charge in [-0.2, -0.15) is 10.2 Å². The number of nitrogens with one attached hydrogen (secondary N) is 1. The molecule has 3 rings (SSSR count). The quantitative estimate of drug-likeness (QED) is 0.527. The predicted molar refractivity (Wildman–Crippen MR) is 95.0 cm³/mol. The van der Waals surface area contributed by atoms with Crippen molar-refractivity contribution in [1.82, 2.24) is 19.6 Å². The van der Waals surface area contributed by atoms with Gasteiger partial charge in [-0.1, -0.05) is 25.1 Å². The van der Waals surface area contributed by atoms with E-state index in [1.807, 2.05) is 54.3 Å². The van der Waals surface area contributed by atoms with E-state index >= 15 is 0 Å². The fraction of sp³-hybridized carbons (Fsp3) is 0.294. The normalized spacial score (nSPS) is 10.8. The number of aromatic nitrogens is 4. The van der Waals surface area contributed by atoms with Crippen molar-refractivity contribution in [1.29, 1.82) is 0 Å². The number of nitro groups is 1. The second-order valence-electron chi connectivity index (χ2n) is 5.68. The van der Waals surface area contributed by atoms with Gasteiger partial charge in [0.15, 0.2) is 0 Å². The predicted octanol–water partition coefficient (Wildman–Crippen LogP) is 2.73. The van der Waals surface area contributed by atoms with E-state index in [0.29, 0.717) is 30.9 Å². The van der Waals surface area contributed by atoms with Gasteiger partial charge >= 0.3 is 5.69 Å². The van der Waals surface area contributed by atoms with Gasteiger partial charge in [-0.05, 0) is 30.5 Å². The van der Waals surface area contributed by atoms with Gasteiger partial charge in [0.2, 0.25) is 5.82 Å². The first-order valence-electron chi connectivity index (χ1n) is 8.13. The molecule has 8 nitrogen and oxygen atoms in total. The second kappa shape index (κ2) is 7.16. The van der Waals surface area contributed by atoms with E-state index in [4.69, 9.17) is 0 Å². The Morgan fingerprint density at radius 2 is 2.04 bits per heavy atom. The lowest BCUT2D eigenvalue weighted by Crippen LogP contribution is -2.09. The Hall–Kier alpha value is -3.16. The van der Waals surface area contributed by atoms with E-state index in [2.05, 4.69) is 15.5 Å². The van der Waals surface area contributed by atoms with Gasteiger partial charge in [0.05, 0.1) is 16.8 Å². The molecular weight excluding hydrogens is 320 g/mol. The first-order chi connectivity index (χ1) is 12.1. The standard InChI is InChI=1S/C17H20N6O2/c1-3-15-16(23(24)25)17(21(2)20-15)18-10-9-13-11-19-22(12-13)14-7-5-4-6-8-14/h4-8,11-12,18H,3,9-10H2,1-2H3. The van der Waals surface area contributed by atoms with Crippen molar-refractivity contribution in [3.8, 4) is 5.69 Å². The summed E-state index contributed by atoms with van der Waals surface area (Å²) in [5.74, 6) is 0.442. The molecule has 0 aliphatic rings. The van der Waals surface area contributed by atoms with E-state index in [9.17, 15) is 10.1 Å². The van der Waals surface area contributed by atoms with Crippen LogP contribution in [0.5, 0.6) is 0 Å². The highest BCUT2D eigenvalue weighted by Gasteiger charge is 2.25. The summed E-state index contributed by atoms with van der Waals surface area (Å²) in [5.41, 5.74) is 2.60. The van der Waals surface area contributed by atoms with E-state index in [-0.39, 0.29) is 10.6 Å². The summed E-state index contributed by atoms with van der Waals surface area (Å²) in [4.78, 5) is 10.9. The van der Waals surface area contributed by atoms with Crippen LogP contribution in [0.4, 0.5) is 11.5 Å². The van der Waals surface area contributed by atoms with Crippen molar-refractivity contribution in [3.05, 3.63) is 64.1 Å². The molecule has 0 spiro atoms. The molecule has 0 aliphatic carbocycles. The molecule has 0 aliphatic heterocycles. The number of rotatable bonds is 7. The van der Waals surface area contributed by atoms with Crippen molar-refractivity contribution in [2.24, 2.45) is 7.05 Å². The number of aryl methyl sites for hydroxylation is 2. The largest absolute Gasteiger partial charge is 0.364 e. The Kier molecular flexibility index (Phi) is 4.78. The fourth-order valence-corrected chi connectivity index (χ4v) is 2.73. The Balaban J connectivity index is 1.67. The third-order valence-corrected chi connectivity index (χ3v) is 3.97. The highest BCUT2D eigenvalue weighted by molar-refractivity contribution is 5.59. The minimum absolute atomic E-state index is 0.0602. The van der Waals surface area contributed by atoms with Crippen LogP contribution >= 0.6 is 0 Å². The van der Waals surface area contributed by atoms with Crippen molar-refractivity contribution in [2.75, 3.05) is 11.9 Å². The van der Waals surface area contributed by atoms with Crippen LogP contribution in [-0.2, 0) is 19.9 Å². The average molecular weight is 340 g/mol. The molecule has 0 saturated heterocycles. The summed E-state index contributed by atoms with van der Waals surface area (Å²) in [6, 6.07) is 9.86. The summed E-state index contributed by atoms with van der Waals surface area (Å²) in [6.45, 7) is 2.42. The number of anilines is 1. The van der Waals surface area contributed by atoms with E-state index in [0.717, 1.165) is 11.3 Å². The molecule has 2 aromatic heterocycles. The Morgan fingerprint density at radius 1 is 1.28 bits per heavy atom. The van der Waals surface area contributed by atoms with Crippen molar-refractivity contribution in [2.45, 2.75) is 19.8 Å². The molecular formula is C17H20N6O2. The minimum Gasteiger partial charge on any atom is -0.364 e. The summed E-state index contributed by atoms with van der Waals surface area (Å²) >= 11 is 0. The molecule has 0 radical (unpaired) electrons. The summed E-state index contributed by atoms with van der Waals surface area (Å²) in [6.07, 6.45) is 5.00. The molecule has 3 aromatic rings. The fourth-order valence-electron chi connectivity index (χ4n) is 2.73. The zero-order chi connectivity index (χ0) is 17.8. The van der Waals surface area contributed by atoms with Crippen LogP contribution in [0, 0.1) is 10.1 Å². The average Bonchev–Trinajstić information content (AvgIpc) is 3.20. The van der Waals surface area contributed by atoms with Crippen LogP contribution in [0.3, 0.4) is 0 Å². The third kappa shape index (κ3) is 3.52. The first-order valence-corrected chi connectivity index (χ1v) is 8.13. The van der Waals surface area contributed by atoms with Crippen LogP contribution in [0.1, 0.15) is 18.2 Å². The summed E-state index contributed by atoms with van der Waals surface area (Å²) in [5, 5.41) is 23.0.